The molecule has 0 spiro atoms. The average molecular weight is 258 g/mol. The van der Waals surface area contributed by atoms with Gasteiger partial charge in [0.05, 0.1) is 17.2 Å². The van der Waals surface area contributed by atoms with Crippen LogP contribution in [0.2, 0.25) is 0 Å². The lowest BCUT2D eigenvalue weighted by Gasteiger charge is -2.13. The average Bonchev–Trinajstić information content (AvgIpc) is 2.99. The molecule has 19 heavy (non-hydrogen) atoms. The number of imidazole rings is 1. The predicted molar refractivity (Wildman–Crippen MR) is 76.3 cm³/mol. The molecule has 3 rings (SSSR count). The first kappa shape index (κ1) is 12.0. The first-order chi connectivity index (χ1) is 9.24. The molecular formula is C14H18N4O. The largest absolute Gasteiger partial charge is 0.346 e. The Bertz CT molecular complexity index is 761. The summed E-state index contributed by atoms with van der Waals surface area (Å²) in [4.78, 5) is 22.4. The molecule has 3 aromatic heterocycles. The summed E-state index contributed by atoms with van der Waals surface area (Å²) in [7, 11) is 0. The van der Waals surface area contributed by atoms with Crippen LogP contribution in [0, 0.1) is 5.92 Å². The minimum absolute atomic E-state index is 0.0441. The molecule has 3 aromatic rings. The molecule has 0 saturated carbocycles. The van der Waals surface area contributed by atoms with Gasteiger partial charge in [0.1, 0.15) is 5.65 Å². The summed E-state index contributed by atoms with van der Waals surface area (Å²) in [5, 5.41) is 1.00. The molecule has 0 aliphatic heterocycles. The molecule has 0 bridgehead atoms. The lowest BCUT2D eigenvalue weighted by Crippen LogP contribution is -2.21. The fraction of sp³-hybridized carbons (Fsp3) is 0.429. The van der Waals surface area contributed by atoms with Crippen LogP contribution < -0.4 is 5.69 Å². The van der Waals surface area contributed by atoms with Crippen molar-refractivity contribution in [3.63, 3.8) is 0 Å². The molecule has 0 atom stereocenters. The molecular weight excluding hydrogens is 240 g/mol. The number of nitrogens with zero attached hydrogens (tertiary/aromatic N) is 2. The highest BCUT2D eigenvalue weighted by molar-refractivity contribution is 6.00. The van der Waals surface area contributed by atoms with Crippen LogP contribution in [0.4, 0.5) is 0 Å². The number of H-pyrrole nitrogens is 2. The number of nitrogens with one attached hydrogen (secondary N) is 2. The molecule has 0 aliphatic rings. The number of aromatic nitrogens is 4. The molecule has 0 fully saturated rings. The van der Waals surface area contributed by atoms with E-state index in [9.17, 15) is 4.79 Å². The Morgan fingerprint density at radius 3 is 2.89 bits per heavy atom. The van der Waals surface area contributed by atoms with Crippen molar-refractivity contribution >= 4 is 22.1 Å². The van der Waals surface area contributed by atoms with E-state index in [2.05, 4.69) is 28.8 Å². The highest BCUT2D eigenvalue weighted by atomic mass is 16.1. The van der Waals surface area contributed by atoms with E-state index in [0.29, 0.717) is 5.92 Å². The SMILES string of the molecule is CCC(CC)Cn1c(=O)[nH]c2cnc3[nH]ccc3c21. The van der Waals surface area contributed by atoms with Gasteiger partial charge < -0.3 is 9.97 Å². The quantitative estimate of drug-likeness (QED) is 0.755. The van der Waals surface area contributed by atoms with Crippen LogP contribution in [0.25, 0.3) is 22.1 Å². The van der Waals surface area contributed by atoms with Crippen LogP contribution in [0.3, 0.4) is 0 Å². The van der Waals surface area contributed by atoms with Crippen molar-refractivity contribution < 1.29 is 0 Å². The summed E-state index contributed by atoms with van der Waals surface area (Å²) < 4.78 is 1.85. The summed E-state index contributed by atoms with van der Waals surface area (Å²) in [6.07, 6.45) is 5.74. The monoisotopic (exact) mass is 258 g/mol. The maximum Gasteiger partial charge on any atom is 0.326 e. The van der Waals surface area contributed by atoms with E-state index >= 15 is 0 Å². The van der Waals surface area contributed by atoms with Gasteiger partial charge in [0.15, 0.2) is 0 Å². The molecule has 0 saturated heterocycles. The normalized spacial score (nSPS) is 11.9. The smallest absolute Gasteiger partial charge is 0.326 e. The standard InChI is InChI=1S/C14H18N4O/c1-3-9(4-2)8-18-12-10-5-6-15-13(10)16-7-11(12)17-14(18)19/h5-7,9H,3-4,8H2,1-2H3,(H,15,16)(H,17,19). The van der Waals surface area contributed by atoms with Crippen LogP contribution in [0.5, 0.6) is 0 Å². The van der Waals surface area contributed by atoms with Crippen molar-refractivity contribution in [2.24, 2.45) is 5.92 Å². The second-order valence-electron chi connectivity index (χ2n) is 4.98. The lowest BCUT2D eigenvalue weighted by molar-refractivity contribution is 0.419. The number of pyridine rings is 1. The molecule has 0 aromatic carbocycles. The zero-order valence-electron chi connectivity index (χ0n) is 11.2. The number of hydrogen-bond acceptors (Lipinski definition) is 2. The van der Waals surface area contributed by atoms with E-state index in [0.717, 1.165) is 41.5 Å². The zero-order chi connectivity index (χ0) is 13.4. The molecule has 0 aliphatic carbocycles. The third kappa shape index (κ3) is 1.85. The van der Waals surface area contributed by atoms with Crippen molar-refractivity contribution in [3.8, 4) is 0 Å². The van der Waals surface area contributed by atoms with Crippen molar-refractivity contribution in [1.29, 1.82) is 0 Å². The topological polar surface area (TPSA) is 66.5 Å². The van der Waals surface area contributed by atoms with Crippen LogP contribution in [0.15, 0.2) is 23.3 Å². The zero-order valence-corrected chi connectivity index (χ0v) is 11.2. The highest BCUT2D eigenvalue weighted by Gasteiger charge is 2.14. The number of hydrogen-bond donors (Lipinski definition) is 2. The first-order valence-corrected chi connectivity index (χ1v) is 6.79. The summed E-state index contributed by atoms with van der Waals surface area (Å²) in [6, 6.07) is 1.97. The number of rotatable bonds is 4. The van der Waals surface area contributed by atoms with Crippen molar-refractivity contribution in [2.75, 3.05) is 0 Å². The van der Waals surface area contributed by atoms with Crippen molar-refractivity contribution in [3.05, 3.63) is 28.9 Å². The Labute approximate surface area is 110 Å². The van der Waals surface area contributed by atoms with Gasteiger partial charge in [0, 0.05) is 18.1 Å². The van der Waals surface area contributed by atoms with E-state index in [-0.39, 0.29) is 5.69 Å². The summed E-state index contributed by atoms with van der Waals surface area (Å²) in [6.45, 7) is 5.10. The molecule has 0 amide bonds. The Morgan fingerprint density at radius 1 is 1.37 bits per heavy atom. The fourth-order valence-electron chi connectivity index (χ4n) is 2.64. The van der Waals surface area contributed by atoms with Crippen LogP contribution >= 0.6 is 0 Å². The van der Waals surface area contributed by atoms with Gasteiger partial charge in [0.2, 0.25) is 0 Å². The summed E-state index contributed by atoms with van der Waals surface area (Å²) in [5.41, 5.74) is 2.55. The molecule has 0 radical (unpaired) electrons. The van der Waals surface area contributed by atoms with E-state index in [4.69, 9.17) is 0 Å². The van der Waals surface area contributed by atoms with E-state index < -0.39 is 0 Å². The van der Waals surface area contributed by atoms with Gasteiger partial charge in [-0.15, -0.1) is 0 Å². The predicted octanol–water partition coefficient (Wildman–Crippen LogP) is 2.64. The molecule has 2 N–H and O–H groups in total. The second-order valence-corrected chi connectivity index (χ2v) is 4.98. The van der Waals surface area contributed by atoms with Gasteiger partial charge in [0.25, 0.3) is 0 Å². The van der Waals surface area contributed by atoms with Gasteiger partial charge in [-0.2, -0.15) is 0 Å². The van der Waals surface area contributed by atoms with Crippen LogP contribution in [0.1, 0.15) is 26.7 Å². The third-order valence-electron chi connectivity index (χ3n) is 3.91. The molecule has 5 nitrogen and oxygen atoms in total. The lowest BCUT2D eigenvalue weighted by atomic mass is 10.0. The van der Waals surface area contributed by atoms with E-state index in [1.165, 1.54) is 0 Å². The summed E-state index contributed by atoms with van der Waals surface area (Å²) >= 11 is 0. The number of fused-ring (bicyclic) bond motifs is 3. The fourth-order valence-corrected chi connectivity index (χ4v) is 2.64. The molecule has 5 heteroatoms. The van der Waals surface area contributed by atoms with Gasteiger partial charge in [-0.3, -0.25) is 4.57 Å². The van der Waals surface area contributed by atoms with Gasteiger partial charge in [-0.25, -0.2) is 9.78 Å². The van der Waals surface area contributed by atoms with Gasteiger partial charge >= 0.3 is 5.69 Å². The molecule has 0 unspecified atom stereocenters. The van der Waals surface area contributed by atoms with E-state index in [1.807, 2.05) is 16.8 Å². The summed E-state index contributed by atoms with van der Waals surface area (Å²) in [5.74, 6) is 0.527. The molecule has 3 heterocycles. The van der Waals surface area contributed by atoms with Crippen LogP contribution in [-0.4, -0.2) is 19.5 Å². The molecule has 100 valence electrons. The first-order valence-electron chi connectivity index (χ1n) is 6.79. The maximum atomic E-state index is 12.1. The Balaban J connectivity index is 2.24. The Kier molecular flexibility index (Phi) is 2.89. The van der Waals surface area contributed by atoms with Gasteiger partial charge in [-0.1, -0.05) is 26.7 Å². The Hall–Kier alpha value is -2.04. The van der Waals surface area contributed by atoms with E-state index in [1.54, 1.807) is 6.20 Å². The Morgan fingerprint density at radius 2 is 2.16 bits per heavy atom. The number of aromatic amines is 2. The highest BCUT2D eigenvalue weighted by Crippen LogP contribution is 2.22. The van der Waals surface area contributed by atoms with Gasteiger partial charge in [-0.05, 0) is 12.0 Å². The van der Waals surface area contributed by atoms with Crippen molar-refractivity contribution in [1.82, 2.24) is 19.5 Å². The van der Waals surface area contributed by atoms with Crippen molar-refractivity contribution in [2.45, 2.75) is 33.2 Å². The maximum absolute atomic E-state index is 12.1. The minimum atomic E-state index is -0.0441. The second kappa shape index (κ2) is 4.57. The third-order valence-corrected chi connectivity index (χ3v) is 3.91. The minimum Gasteiger partial charge on any atom is -0.346 e. The van der Waals surface area contributed by atoms with Crippen LogP contribution in [-0.2, 0) is 6.54 Å².